The number of hydrogen-bond donors (Lipinski definition) is 1. The molecule has 1 N–H and O–H groups in total. The van der Waals surface area contributed by atoms with Gasteiger partial charge in [0, 0.05) is 17.4 Å². The Labute approximate surface area is 181 Å². The van der Waals surface area contributed by atoms with Gasteiger partial charge < -0.3 is 5.11 Å². The summed E-state index contributed by atoms with van der Waals surface area (Å²) in [6.45, 7) is 1.70. The summed E-state index contributed by atoms with van der Waals surface area (Å²) >= 11 is 5.99. The third kappa shape index (κ3) is 3.36. The van der Waals surface area contributed by atoms with Gasteiger partial charge in [0.2, 0.25) is 0 Å². The van der Waals surface area contributed by atoms with Crippen molar-refractivity contribution in [2.45, 2.75) is 32.6 Å². The van der Waals surface area contributed by atoms with Crippen LogP contribution in [-0.2, 0) is 24.1 Å². The molecule has 1 atom stereocenters. The third-order valence-corrected chi connectivity index (χ3v) is 6.77. The zero-order chi connectivity index (χ0) is 20.8. The highest BCUT2D eigenvalue weighted by atomic mass is 35.5. The van der Waals surface area contributed by atoms with E-state index in [2.05, 4.69) is 30.3 Å². The Bertz CT molecular complexity index is 1290. The van der Waals surface area contributed by atoms with Crippen LogP contribution in [0, 0.1) is 5.92 Å². The van der Waals surface area contributed by atoms with Crippen molar-refractivity contribution in [2.75, 3.05) is 0 Å². The van der Waals surface area contributed by atoms with Gasteiger partial charge in [-0.25, -0.2) is 0 Å². The van der Waals surface area contributed by atoms with Crippen LogP contribution in [-0.4, -0.2) is 10.9 Å². The van der Waals surface area contributed by atoms with Crippen molar-refractivity contribution in [1.82, 2.24) is 0 Å². The second kappa shape index (κ2) is 7.45. The van der Waals surface area contributed by atoms with Crippen LogP contribution in [0.4, 0.5) is 0 Å². The molecule has 0 spiro atoms. The van der Waals surface area contributed by atoms with Crippen LogP contribution in [0.15, 0.2) is 60.7 Å². The van der Waals surface area contributed by atoms with Crippen molar-refractivity contribution < 1.29 is 9.90 Å². The van der Waals surface area contributed by atoms with Crippen molar-refractivity contribution in [1.29, 1.82) is 0 Å². The number of aryl methyl sites for hydroxylation is 1. The molecule has 1 aliphatic carbocycles. The van der Waals surface area contributed by atoms with Gasteiger partial charge in [0.05, 0.1) is 0 Å². The molecule has 4 aromatic carbocycles. The van der Waals surface area contributed by atoms with E-state index in [1.807, 2.05) is 30.3 Å². The van der Waals surface area contributed by atoms with Gasteiger partial charge in [-0.1, -0.05) is 48.0 Å². The number of ketones is 1. The van der Waals surface area contributed by atoms with Crippen LogP contribution in [0.25, 0.3) is 21.5 Å². The molecule has 0 heterocycles. The molecule has 0 bridgehead atoms. The monoisotopic (exact) mass is 414 g/mol. The summed E-state index contributed by atoms with van der Waals surface area (Å²) in [4.78, 5) is 12.0. The number of halogens is 1. The molecular formula is C27H23ClO2. The lowest BCUT2D eigenvalue weighted by Gasteiger charge is -2.24. The van der Waals surface area contributed by atoms with Gasteiger partial charge in [0.15, 0.2) is 0 Å². The highest BCUT2D eigenvalue weighted by Gasteiger charge is 2.24. The number of aromatic hydroxyl groups is 1. The third-order valence-electron chi connectivity index (χ3n) is 6.52. The minimum atomic E-state index is 0.119. The van der Waals surface area contributed by atoms with Crippen LogP contribution in [0.1, 0.15) is 35.6 Å². The van der Waals surface area contributed by atoms with Gasteiger partial charge in [-0.05, 0) is 94.3 Å². The summed E-state index contributed by atoms with van der Waals surface area (Å²) in [5.41, 5.74) is 4.66. The fourth-order valence-corrected chi connectivity index (χ4v) is 4.92. The Morgan fingerprint density at radius 2 is 1.77 bits per heavy atom. The molecular weight excluding hydrogens is 392 g/mol. The number of benzene rings is 4. The first kappa shape index (κ1) is 19.1. The molecule has 2 nitrogen and oxygen atoms in total. The summed E-state index contributed by atoms with van der Waals surface area (Å²) in [5, 5.41) is 16.0. The maximum atomic E-state index is 12.0. The summed E-state index contributed by atoms with van der Waals surface area (Å²) < 4.78 is 0. The average Bonchev–Trinajstić information content (AvgIpc) is 2.75. The molecule has 150 valence electrons. The van der Waals surface area contributed by atoms with E-state index in [9.17, 15) is 9.90 Å². The van der Waals surface area contributed by atoms with Crippen LogP contribution in [0.3, 0.4) is 0 Å². The first-order valence-corrected chi connectivity index (χ1v) is 10.8. The Hall–Kier alpha value is -2.84. The van der Waals surface area contributed by atoms with E-state index in [1.165, 1.54) is 16.5 Å². The molecule has 0 saturated heterocycles. The van der Waals surface area contributed by atoms with Gasteiger partial charge >= 0.3 is 0 Å². The van der Waals surface area contributed by atoms with Crippen molar-refractivity contribution >= 4 is 38.9 Å². The summed E-state index contributed by atoms with van der Waals surface area (Å²) in [5.74, 6) is 0.709. The lowest BCUT2D eigenvalue weighted by molar-refractivity contribution is -0.121. The quantitative estimate of drug-likeness (QED) is 0.381. The molecule has 4 aromatic rings. The second-order valence-electron chi connectivity index (χ2n) is 8.42. The predicted octanol–water partition coefficient (Wildman–Crippen LogP) is 6.64. The number of rotatable bonds is 3. The minimum absolute atomic E-state index is 0.119. The molecule has 3 heteroatoms. The van der Waals surface area contributed by atoms with Crippen LogP contribution >= 0.6 is 11.6 Å². The maximum absolute atomic E-state index is 12.0. The van der Waals surface area contributed by atoms with Crippen molar-refractivity contribution in [3.8, 4) is 5.75 Å². The van der Waals surface area contributed by atoms with E-state index in [1.54, 1.807) is 6.92 Å². The van der Waals surface area contributed by atoms with Crippen molar-refractivity contribution in [2.24, 2.45) is 5.92 Å². The number of Topliss-reactive ketones (excluding diaryl/α,β-unsaturated/α-hetero) is 1. The van der Waals surface area contributed by atoms with Gasteiger partial charge in [-0.15, -0.1) is 0 Å². The number of phenols is 1. The first-order valence-electron chi connectivity index (χ1n) is 10.4. The van der Waals surface area contributed by atoms with E-state index in [4.69, 9.17) is 11.6 Å². The summed E-state index contributed by atoms with van der Waals surface area (Å²) in [7, 11) is 0. The number of hydrogen-bond acceptors (Lipinski definition) is 2. The number of phenolic OH excluding ortho intramolecular Hbond substituents is 1. The van der Waals surface area contributed by atoms with Crippen LogP contribution in [0.2, 0.25) is 5.02 Å². The lowest BCUT2D eigenvalue weighted by atomic mass is 9.79. The summed E-state index contributed by atoms with van der Waals surface area (Å²) in [6, 6.07) is 20.4. The molecule has 5 rings (SSSR count). The predicted molar refractivity (Wildman–Crippen MR) is 124 cm³/mol. The average molecular weight is 415 g/mol. The van der Waals surface area contributed by atoms with E-state index < -0.39 is 0 Å². The first-order chi connectivity index (χ1) is 14.5. The van der Waals surface area contributed by atoms with Gasteiger partial charge in [0.25, 0.3) is 0 Å². The fraction of sp³-hybridized carbons (Fsp3) is 0.222. The van der Waals surface area contributed by atoms with E-state index in [0.29, 0.717) is 17.2 Å². The summed E-state index contributed by atoms with van der Waals surface area (Å²) in [6.07, 6.45) is 3.37. The fourth-order valence-electron chi connectivity index (χ4n) is 4.80. The number of carbonyl (C=O) groups excluding carboxylic acids is 1. The molecule has 1 unspecified atom stereocenters. The zero-order valence-electron chi connectivity index (χ0n) is 16.9. The van der Waals surface area contributed by atoms with E-state index in [-0.39, 0.29) is 11.7 Å². The topological polar surface area (TPSA) is 37.3 Å². The zero-order valence-corrected chi connectivity index (χ0v) is 17.7. The van der Waals surface area contributed by atoms with Gasteiger partial charge in [-0.3, -0.25) is 4.79 Å². The SMILES string of the molecule is CC(=O)C1CCc2ccc3c(ccc4cc(Cc5ccc(Cl)cc5)c(O)cc43)c2C1. The molecule has 0 amide bonds. The standard InChI is InChI=1S/C27H23ClO2/c1-16(29)19-5-4-18-6-10-24-23(25(18)14-19)11-7-20-13-21(27(30)15-26(20)24)12-17-2-8-22(28)9-3-17/h2-3,6-11,13,15,19,30H,4-5,12,14H2,1H3. The molecule has 0 aromatic heterocycles. The van der Waals surface area contributed by atoms with Crippen molar-refractivity contribution in [3.05, 3.63) is 87.9 Å². The molecule has 0 aliphatic heterocycles. The Kier molecular flexibility index (Phi) is 4.75. The highest BCUT2D eigenvalue weighted by Crippen LogP contribution is 2.37. The Morgan fingerprint density at radius 1 is 1.00 bits per heavy atom. The van der Waals surface area contributed by atoms with Crippen LogP contribution in [0.5, 0.6) is 5.75 Å². The Balaban J connectivity index is 1.60. The minimum Gasteiger partial charge on any atom is -0.508 e. The van der Waals surface area contributed by atoms with Crippen molar-refractivity contribution in [3.63, 3.8) is 0 Å². The lowest BCUT2D eigenvalue weighted by Crippen LogP contribution is -2.20. The van der Waals surface area contributed by atoms with Gasteiger partial charge in [-0.2, -0.15) is 0 Å². The smallest absolute Gasteiger partial charge is 0.133 e. The number of carbonyl (C=O) groups is 1. The molecule has 0 saturated carbocycles. The second-order valence-corrected chi connectivity index (χ2v) is 8.86. The molecule has 0 fully saturated rings. The Morgan fingerprint density at radius 3 is 2.53 bits per heavy atom. The highest BCUT2D eigenvalue weighted by molar-refractivity contribution is 6.30. The molecule has 30 heavy (non-hydrogen) atoms. The molecule has 1 aliphatic rings. The maximum Gasteiger partial charge on any atom is 0.133 e. The van der Waals surface area contributed by atoms with Gasteiger partial charge in [0.1, 0.15) is 11.5 Å². The molecule has 0 radical (unpaired) electrons. The van der Waals surface area contributed by atoms with E-state index >= 15 is 0 Å². The van der Waals surface area contributed by atoms with Crippen LogP contribution < -0.4 is 0 Å². The number of fused-ring (bicyclic) bond motifs is 5. The van der Waals surface area contributed by atoms with E-state index in [0.717, 1.165) is 46.5 Å². The largest absolute Gasteiger partial charge is 0.508 e. The normalized spacial score (nSPS) is 16.0.